The second kappa shape index (κ2) is 7.17. The fourth-order valence-electron chi connectivity index (χ4n) is 1.97. The second-order valence-electron chi connectivity index (χ2n) is 4.91. The molecule has 7 heteroatoms. The minimum atomic E-state index is -0.108. The molecule has 6 nitrogen and oxygen atoms in total. The Morgan fingerprint density at radius 1 is 1.52 bits per heavy atom. The highest BCUT2D eigenvalue weighted by Gasteiger charge is 2.32. The van der Waals surface area contributed by atoms with E-state index >= 15 is 0 Å². The molecule has 114 valence electrons. The van der Waals surface area contributed by atoms with E-state index in [1.54, 1.807) is 29.2 Å². The lowest BCUT2D eigenvalue weighted by atomic mass is 10.3. The molecule has 0 atom stereocenters. The molecule has 0 spiro atoms. The van der Waals surface area contributed by atoms with Gasteiger partial charge >= 0.3 is 0 Å². The van der Waals surface area contributed by atoms with Gasteiger partial charge in [0.05, 0.1) is 0 Å². The van der Waals surface area contributed by atoms with Gasteiger partial charge in [-0.25, -0.2) is 0 Å². The molecule has 0 saturated heterocycles. The van der Waals surface area contributed by atoms with E-state index in [9.17, 15) is 4.79 Å². The first-order valence-electron chi connectivity index (χ1n) is 6.74. The number of carbonyl (C=O) groups is 1. The van der Waals surface area contributed by atoms with E-state index in [1.165, 1.54) is 0 Å². The number of benzene rings is 1. The third-order valence-corrected chi connectivity index (χ3v) is 3.44. The molecule has 0 bridgehead atoms. The fraction of sp³-hybridized carbons (Fsp3) is 0.429. The Morgan fingerprint density at radius 2 is 2.29 bits per heavy atom. The lowest BCUT2D eigenvalue weighted by Crippen LogP contribution is -2.38. The van der Waals surface area contributed by atoms with Crippen LogP contribution in [0.15, 0.2) is 29.4 Å². The van der Waals surface area contributed by atoms with Crippen LogP contribution in [-0.4, -0.2) is 41.0 Å². The van der Waals surface area contributed by atoms with E-state index in [0.717, 1.165) is 12.8 Å². The van der Waals surface area contributed by atoms with Crippen molar-refractivity contribution in [2.24, 2.45) is 10.9 Å². The topological polar surface area (TPSA) is 88.2 Å². The van der Waals surface area contributed by atoms with Crippen LogP contribution in [0.1, 0.15) is 19.3 Å². The van der Waals surface area contributed by atoms with Crippen molar-refractivity contribution in [3.63, 3.8) is 0 Å². The van der Waals surface area contributed by atoms with Crippen LogP contribution >= 0.6 is 11.6 Å². The summed E-state index contributed by atoms with van der Waals surface area (Å²) in [4.78, 5) is 13.9. The molecule has 1 aromatic rings. The Balaban J connectivity index is 1.87. The molecule has 1 aromatic carbocycles. The number of carbonyl (C=O) groups excluding carboxylic acids is 1. The zero-order valence-electron chi connectivity index (χ0n) is 11.5. The fourth-order valence-corrected chi connectivity index (χ4v) is 2.15. The molecule has 1 aliphatic carbocycles. The minimum Gasteiger partial charge on any atom is -0.484 e. The molecular formula is C14H18ClN3O3. The summed E-state index contributed by atoms with van der Waals surface area (Å²) in [7, 11) is 0. The van der Waals surface area contributed by atoms with Crippen molar-refractivity contribution in [3.8, 4) is 5.75 Å². The largest absolute Gasteiger partial charge is 0.484 e. The first-order valence-corrected chi connectivity index (χ1v) is 7.12. The van der Waals surface area contributed by atoms with Gasteiger partial charge in [-0.05, 0) is 31.0 Å². The number of nitrogens with two attached hydrogens (primary N) is 1. The maximum atomic E-state index is 12.2. The maximum Gasteiger partial charge on any atom is 0.260 e. The number of amidine groups is 1. The molecule has 0 aliphatic heterocycles. The van der Waals surface area contributed by atoms with E-state index in [4.69, 9.17) is 27.3 Å². The molecule has 2 rings (SSSR count). The number of hydrogen-bond donors (Lipinski definition) is 2. The van der Waals surface area contributed by atoms with Gasteiger partial charge in [-0.15, -0.1) is 0 Å². The van der Waals surface area contributed by atoms with Crippen molar-refractivity contribution in [1.82, 2.24) is 4.90 Å². The number of hydrogen-bond acceptors (Lipinski definition) is 4. The van der Waals surface area contributed by atoms with Crippen molar-refractivity contribution in [2.75, 3.05) is 13.2 Å². The van der Waals surface area contributed by atoms with E-state index in [-0.39, 0.29) is 24.4 Å². The molecular weight excluding hydrogens is 294 g/mol. The second-order valence-corrected chi connectivity index (χ2v) is 5.34. The van der Waals surface area contributed by atoms with Crippen molar-refractivity contribution < 1.29 is 14.7 Å². The van der Waals surface area contributed by atoms with Crippen LogP contribution in [0.4, 0.5) is 0 Å². The number of nitrogens with zero attached hydrogens (tertiary/aromatic N) is 2. The normalized spacial score (nSPS) is 14.8. The lowest BCUT2D eigenvalue weighted by Gasteiger charge is -2.22. The lowest BCUT2D eigenvalue weighted by molar-refractivity contribution is -0.133. The van der Waals surface area contributed by atoms with E-state index in [1.807, 2.05) is 0 Å². The van der Waals surface area contributed by atoms with E-state index in [0.29, 0.717) is 23.7 Å². The third kappa shape index (κ3) is 4.82. The average Bonchev–Trinajstić information content (AvgIpc) is 3.30. The predicted molar refractivity (Wildman–Crippen MR) is 79.7 cm³/mol. The number of ether oxygens (including phenoxy) is 1. The highest BCUT2D eigenvalue weighted by molar-refractivity contribution is 6.30. The van der Waals surface area contributed by atoms with Crippen molar-refractivity contribution in [1.29, 1.82) is 0 Å². The SMILES string of the molecule is NC(CCN(C(=O)COc1cccc(Cl)c1)C1CC1)=NO. The summed E-state index contributed by atoms with van der Waals surface area (Å²) in [6.45, 7) is 0.380. The Kier molecular flexibility index (Phi) is 5.27. The molecule has 1 fully saturated rings. The third-order valence-electron chi connectivity index (χ3n) is 3.20. The first kappa shape index (κ1) is 15.4. The smallest absolute Gasteiger partial charge is 0.260 e. The molecule has 0 aromatic heterocycles. The Morgan fingerprint density at radius 3 is 2.90 bits per heavy atom. The Hall–Kier alpha value is -1.95. The molecule has 0 unspecified atom stereocenters. The number of rotatable bonds is 7. The highest BCUT2D eigenvalue weighted by Crippen LogP contribution is 2.27. The van der Waals surface area contributed by atoms with Crippen LogP contribution in [0.5, 0.6) is 5.75 Å². The van der Waals surface area contributed by atoms with Crippen molar-refractivity contribution in [3.05, 3.63) is 29.3 Å². The number of oxime groups is 1. The van der Waals surface area contributed by atoms with Gasteiger partial charge in [0.1, 0.15) is 11.6 Å². The summed E-state index contributed by atoms with van der Waals surface area (Å²) in [5, 5.41) is 12.0. The van der Waals surface area contributed by atoms with Gasteiger partial charge in [-0.1, -0.05) is 22.8 Å². The zero-order chi connectivity index (χ0) is 15.2. The zero-order valence-corrected chi connectivity index (χ0v) is 12.3. The standard InChI is InChI=1S/C14H18ClN3O3/c15-10-2-1-3-12(8-10)21-9-14(19)18(11-4-5-11)7-6-13(16)17-20/h1-3,8,11,20H,4-7,9H2,(H2,16,17). The molecule has 1 saturated carbocycles. The van der Waals surface area contributed by atoms with Crippen molar-refractivity contribution >= 4 is 23.3 Å². The quantitative estimate of drug-likeness (QED) is 0.348. The number of halogens is 1. The average molecular weight is 312 g/mol. The summed E-state index contributed by atoms with van der Waals surface area (Å²) in [6.07, 6.45) is 2.31. The summed E-state index contributed by atoms with van der Waals surface area (Å²) >= 11 is 5.86. The first-order chi connectivity index (χ1) is 10.1. The summed E-state index contributed by atoms with van der Waals surface area (Å²) in [5.74, 6) is 0.565. The van der Waals surface area contributed by atoms with Gasteiger partial charge in [0.2, 0.25) is 0 Å². The molecule has 3 N–H and O–H groups in total. The minimum absolute atomic E-state index is 0.0486. The summed E-state index contributed by atoms with van der Waals surface area (Å²) < 4.78 is 5.45. The molecule has 21 heavy (non-hydrogen) atoms. The van der Waals surface area contributed by atoms with Crippen LogP contribution < -0.4 is 10.5 Å². The van der Waals surface area contributed by atoms with Gasteiger partial charge < -0.3 is 20.6 Å². The van der Waals surface area contributed by atoms with Gasteiger partial charge in [0, 0.05) is 24.0 Å². The number of amides is 1. The summed E-state index contributed by atoms with van der Waals surface area (Å²) in [5.41, 5.74) is 5.44. The van der Waals surface area contributed by atoms with E-state index in [2.05, 4.69) is 5.16 Å². The van der Waals surface area contributed by atoms with Gasteiger partial charge in [0.15, 0.2) is 6.61 Å². The van der Waals surface area contributed by atoms with Gasteiger partial charge in [-0.3, -0.25) is 4.79 Å². The summed E-state index contributed by atoms with van der Waals surface area (Å²) in [6, 6.07) is 7.15. The molecule has 0 radical (unpaired) electrons. The van der Waals surface area contributed by atoms with Gasteiger partial charge in [-0.2, -0.15) is 0 Å². The van der Waals surface area contributed by atoms with Crippen LogP contribution in [0.25, 0.3) is 0 Å². The predicted octanol–water partition coefficient (Wildman–Crippen LogP) is 1.85. The Labute approximate surface area is 128 Å². The van der Waals surface area contributed by atoms with Gasteiger partial charge in [0.25, 0.3) is 5.91 Å². The van der Waals surface area contributed by atoms with E-state index < -0.39 is 0 Å². The maximum absolute atomic E-state index is 12.2. The van der Waals surface area contributed by atoms with Crippen LogP contribution in [-0.2, 0) is 4.79 Å². The molecule has 1 amide bonds. The Bertz CT molecular complexity index is 532. The monoisotopic (exact) mass is 311 g/mol. The van der Waals surface area contributed by atoms with Crippen LogP contribution in [0.3, 0.4) is 0 Å². The molecule has 1 aliphatic rings. The highest BCUT2D eigenvalue weighted by atomic mass is 35.5. The molecule has 0 heterocycles. The van der Waals surface area contributed by atoms with Crippen molar-refractivity contribution in [2.45, 2.75) is 25.3 Å². The van der Waals surface area contributed by atoms with Crippen LogP contribution in [0, 0.1) is 0 Å². The van der Waals surface area contributed by atoms with Crippen LogP contribution in [0.2, 0.25) is 5.02 Å².